The molecule has 2 unspecified atom stereocenters. The molecule has 2 nitrogen and oxygen atoms in total. The molecule has 0 aliphatic heterocycles. The molecule has 6 aliphatic carbocycles. The second kappa shape index (κ2) is 7.71. The van der Waals surface area contributed by atoms with Crippen molar-refractivity contribution in [2.45, 2.75) is 115 Å². The van der Waals surface area contributed by atoms with Crippen LogP contribution in [0.5, 0.6) is 0 Å². The van der Waals surface area contributed by atoms with Gasteiger partial charge in [0.2, 0.25) is 0 Å². The Balaban J connectivity index is 1.27. The van der Waals surface area contributed by atoms with E-state index < -0.39 is 0 Å². The summed E-state index contributed by atoms with van der Waals surface area (Å²) in [6.45, 7) is 2.72. The molecule has 6 saturated carbocycles. The zero-order valence-electron chi connectivity index (χ0n) is 18.2. The largest absolute Gasteiger partial charge is 0.367 e. The van der Waals surface area contributed by atoms with Crippen LogP contribution in [0.25, 0.3) is 0 Å². The van der Waals surface area contributed by atoms with Gasteiger partial charge in [-0.2, -0.15) is 0 Å². The SMILES string of the molecule is CC[C@@]1(OCC(=O)C23CCC4CC(CC(C4)C2)C3)CC[C@@H]2CCCC[C@@H](C2)C1. The smallest absolute Gasteiger partial charge is 0.164 e. The summed E-state index contributed by atoms with van der Waals surface area (Å²) in [5, 5.41) is 0. The molecule has 158 valence electrons. The lowest BCUT2D eigenvalue weighted by Gasteiger charge is -2.45. The molecular formula is C26H42O2. The van der Waals surface area contributed by atoms with Crippen LogP contribution >= 0.6 is 0 Å². The number of ketones is 1. The van der Waals surface area contributed by atoms with Gasteiger partial charge in [-0.3, -0.25) is 4.79 Å². The number of carbonyl (C=O) groups is 1. The average Bonchev–Trinajstić information content (AvgIpc) is 3.12. The van der Waals surface area contributed by atoms with Crippen molar-refractivity contribution in [1.82, 2.24) is 0 Å². The molecular weight excluding hydrogens is 344 g/mol. The minimum atomic E-state index is -0.00995. The predicted octanol–water partition coefficient (Wildman–Crippen LogP) is 6.71. The molecule has 28 heavy (non-hydrogen) atoms. The number of carbonyl (C=O) groups excluding carboxylic acids is 1. The van der Waals surface area contributed by atoms with Gasteiger partial charge in [0.15, 0.2) is 5.78 Å². The fraction of sp³-hybridized carbons (Fsp3) is 0.962. The molecule has 6 bridgehead atoms. The van der Waals surface area contributed by atoms with Crippen molar-refractivity contribution in [2.75, 3.05) is 6.61 Å². The quantitative estimate of drug-likeness (QED) is 0.525. The summed E-state index contributed by atoms with van der Waals surface area (Å²) in [6, 6.07) is 0. The molecule has 6 rings (SSSR count). The van der Waals surface area contributed by atoms with Crippen LogP contribution in [0.1, 0.15) is 110 Å². The van der Waals surface area contributed by atoms with E-state index in [1.165, 1.54) is 89.9 Å². The van der Waals surface area contributed by atoms with Gasteiger partial charge in [-0.05, 0) is 107 Å². The van der Waals surface area contributed by atoms with Gasteiger partial charge in [0.25, 0.3) is 0 Å². The van der Waals surface area contributed by atoms with Crippen molar-refractivity contribution < 1.29 is 9.53 Å². The molecule has 0 N–H and O–H groups in total. The summed E-state index contributed by atoms with van der Waals surface area (Å²) < 4.78 is 6.69. The minimum absolute atomic E-state index is 0.00807. The highest BCUT2D eigenvalue weighted by atomic mass is 16.5. The zero-order valence-corrected chi connectivity index (χ0v) is 18.2. The maximum absolute atomic E-state index is 13.6. The van der Waals surface area contributed by atoms with Gasteiger partial charge in [-0.15, -0.1) is 0 Å². The molecule has 0 saturated heterocycles. The van der Waals surface area contributed by atoms with Gasteiger partial charge in [0.05, 0.1) is 5.60 Å². The monoisotopic (exact) mass is 386 g/mol. The normalized spacial score (nSPS) is 48.0. The van der Waals surface area contributed by atoms with E-state index in [2.05, 4.69) is 6.92 Å². The van der Waals surface area contributed by atoms with Crippen molar-refractivity contribution >= 4 is 5.78 Å². The highest BCUT2D eigenvalue weighted by Crippen LogP contribution is 2.57. The minimum Gasteiger partial charge on any atom is -0.367 e. The van der Waals surface area contributed by atoms with Gasteiger partial charge in [-0.1, -0.05) is 32.6 Å². The van der Waals surface area contributed by atoms with Gasteiger partial charge in [0, 0.05) is 5.41 Å². The van der Waals surface area contributed by atoms with Crippen LogP contribution in [0, 0.1) is 35.0 Å². The zero-order chi connectivity index (χ0) is 19.2. The number of ether oxygens (including phenoxy) is 1. The maximum atomic E-state index is 13.6. The van der Waals surface area contributed by atoms with Gasteiger partial charge in [-0.25, -0.2) is 0 Å². The molecule has 0 spiro atoms. The van der Waals surface area contributed by atoms with E-state index in [4.69, 9.17) is 4.74 Å². The molecule has 0 aromatic carbocycles. The van der Waals surface area contributed by atoms with Crippen molar-refractivity contribution in [3.05, 3.63) is 0 Å². The molecule has 0 aromatic rings. The van der Waals surface area contributed by atoms with Crippen LogP contribution in [-0.4, -0.2) is 18.0 Å². The summed E-state index contributed by atoms with van der Waals surface area (Å²) in [6.07, 6.45) is 21.0. The lowest BCUT2D eigenvalue weighted by Crippen LogP contribution is -2.44. The number of fused-ring (bicyclic) bond motifs is 3. The van der Waals surface area contributed by atoms with Crippen LogP contribution in [0.15, 0.2) is 0 Å². The Morgan fingerprint density at radius 3 is 2.18 bits per heavy atom. The van der Waals surface area contributed by atoms with Crippen LogP contribution in [0.3, 0.4) is 0 Å². The van der Waals surface area contributed by atoms with Gasteiger partial charge < -0.3 is 4.74 Å². The second-order valence-electron chi connectivity index (χ2n) is 11.8. The van der Waals surface area contributed by atoms with Crippen molar-refractivity contribution in [3.63, 3.8) is 0 Å². The summed E-state index contributed by atoms with van der Waals surface area (Å²) >= 11 is 0. The number of hydrogen-bond donors (Lipinski definition) is 0. The van der Waals surface area contributed by atoms with Crippen LogP contribution in [0.2, 0.25) is 0 Å². The van der Waals surface area contributed by atoms with Crippen molar-refractivity contribution in [1.29, 1.82) is 0 Å². The number of Topliss-reactive ketones (excluding diaryl/α,β-unsaturated/α-hetero) is 1. The number of hydrogen-bond acceptors (Lipinski definition) is 2. The predicted molar refractivity (Wildman–Crippen MR) is 113 cm³/mol. The molecule has 0 heterocycles. The van der Waals surface area contributed by atoms with E-state index in [0.29, 0.717) is 12.4 Å². The maximum Gasteiger partial charge on any atom is 0.164 e. The molecule has 0 radical (unpaired) electrons. The van der Waals surface area contributed by atoms with E-state index in [1.807, 2.05) is 0 Å². The third-order valence-corrected chi connectivity index (χ3v) is 9.95. The Hall–Kier alpha value is -0.370. The number of rotatable bonds is 5. The molecule has 6 fully saturated rings. The highest BCUT2D eigenvalue weighted by molar-refractivity contribution is 5.86. The van der Waals surface area contributed by atoms with E-state index in [0.717, 1.165) is 42.4 Å². The Morgan fingerprint density at radius 2 is 1.43 bits per heavy atom. The lowest BCUT2D eigenvalue weighted by atomic mass is 9.60. The Morgan fingerprint density at radius 1 is 0.786 bits per heavy atom. The average molecular weight is 387 g/mol. The first-order chi connectivity index (χ1) is 13.6. The second-order valence-corrected chi connectivity index (χ2v) is 11.8. The van der Waals surface area contributed by atoms with E-state index in [-0.39, 0.29) is 11.0 Å². The summed E-state index contributed by atoms with van der Waals surface area (Å²) in [5.41, 5.74) is -0.0180. The summed E-state index contributed by atoms with van der Waals surface area (Å²) in [5.74, 6) is 4.85. The molecule has 0 aromatic heterocycles. The third kappa shape index (κ3) is 3.72. The molecule has 5 atom stereocenters. The fourth-order valence-corrected chi connectivity index (χ4v) is 8.55. The Kier molecular flexibility index (Phi) is 5.39. The Labute approximate surface area is 172 Å². The van der Waals surface area contributed by atoms with Crippen molar-refractivity contribution in [3.8, 4) is 0 Å². The lowest BCUT2D eigenvalue weighted by molar-refractivity contribution is -0.147. The van der Waals surface area contributed by atoms with E-state index in [1.54, 1.807) is 0 Å². The molecule has 2 heteroatoms. The van der Waals surface area contributed by atoms with Crippen LogP contribution in [0.4, 0.5) is 0 Å². The first kappa shape index (κ1) is 19.6. The van der Waals surface area contributed by atoms with Crippen molar-refractivity contribution in [2.24, 2.45) is 35.0 Å². The Bertz CT molecular complexity index is 569. The van der Waals surface area contributed by atoms with E-state index >= 15 is 0 Å². The van der Waals surface area contributed by atoms with Crippen LogP contribution in [-0.2, 0) is 9.53 Å². The standard InChI is InChI=1S/C26H42O2/c1-2-26(10-8-19-5-3-4-6-21(11-19)17-26)28-18-24(27)25-9-7-20-12-22(15-25)14-23(13-20)16-25/h19-23H,2-18H2,1H3/t19-,20?,21-,22?,23?,25?,26+/m0/s1. The summed E-state index contributed by atoms with van der Waals surface area (Å²) in [4.78, 5) is 13.6. The third-order valence-electron chi connectivity index (χ3n) is 9.95. The molecule has 6 aliphatic rings. The topological polar surface area (TPSA) is 26.3 Å². The highest BCUT2D eigenvalue weighted by Gasteiger charge is 2.51. The van der Waals surface area contributed by atoms with Gasteiger partial charge in [0.1, 0.15) is 6.61 Å². The van der Waals surface area contributed by atoms with Gasteiger partial charge >= 0.3 is 0 Å². The molecule has 0 amide bonds. The van der Waals surface area contributed by atoms with Crippen LogP contribution < -0.4 is 0 Å². The summed E-state index contributed by atoms with van der Waals surface area (Å²) in [7, 11) is 0. The first-order valence-corrected chi connectivity index (χ1v) is 12.8. The first-order valence-electron chi connectivity index (χ1n) is 12.8. The van der Waals surface area contributed by atoms with E-state index in [9.17, 15) is 4.79 Å². The fourth-order valence-electron chi connectivity index (χ4n) is 8.55.